The smallest absolute Gasteiger partial charge is 0.223 e. The number of hydrogen-bond donors (Lipinski definition) is 0. The second-order valence-electron chi connectivity index (χ2n) is 6.77. The Balaban J connectivity index is 1.76. The van der Waals surface area contributed by atoms with Gasteiger partial charge in [-0.3, -0.25) is 9.48 Å². The van der Waals surface area contributed by atoms with Crippen LogP contribution in [0.25, 0.3) is 0 Å². The van der Waals surface area contributed by atoms with Crippen LogP contribution in [-0.2, 0) is 23.0 Å². The first-order chi connectivity index (χ1) is 12.4. The number of aryl methyl sites for hydroxylation is 2. The van der Waals surface area contributed by atoms with Crippen molar-refractivity contribution in [1.82, 2.24) is 24.7 Å². The fourth-order valence-corrected chi connectivity index (χ4v) is 3.45. The molecule has 1 fully saturated rings. The van der Waals surface area contributed by atoms with Gasteiger partial charge in [-0.05, 0) is 14.1 Å². The maximum atomic E-state index is 12.9. The van der Waals surface area contributed by atoms with Crippen LogP contribution in [0.15, 0.2) is 23.0 Å². The molecule has 0 aliphatic carbocycles. The van der Waals surface area contributed by atoms with E-state index >= 15 is 0 Å². The van der Waals surface area contributed by atoms with Gasteiger partial charge >= 0.3 is 0 Å². The molecule has 8 nitrogen and oxygen atoms in total. The van der Waals surface area contributed by atoms with E-state index in [1.54, 1.807) is 16.9 Å². The van der Waals surface area contributed by atoms with Crippen LogP contribution in [0.5, 0.6) is 0 Å². The number of likely N-dealkylation sites (N-methyl/N-ethyl adjacent to an activating group) is 1. The van der Waals surface area contributed by atoms with E-state index in [0.29, 0.717) is 36.9 Å². The molecule has 3 heterocycles. The summed E-state index contributed by atoms with van der Waals surface area (Å²) >= 11 is 5.77. The van der Waals surface area contributed by atoms with E-state index in [4.69, 9.17) is 20.9 Å². The Hall–Kier alpha value is -1.90. The molecule has 2 aromatic rings. The highest BCUT2D eigenvalue weighted by Gasteiger charge is 2.37. The molecular weight excluding hydrogens is 358 g/mol. The summed E-state index contributed by atoms with van der Waals surface area (Å²) in [5, 5.41) is 8.22. The molecule has 0 N–H and O–H groups in total. The van der Waals surface area contributed by atoms with Crippen LogP contribution >= 0.6 is 11.6 Å². The molecule has 1 saturated heterocycles. The molecule has 1 aliphatic rings. The molecule has 26 heavy (non-hydrogen) atoms. The highest BCUT2D eigenvalue weighted by Crippen LogP contribution is 2.30. The Bertz CT molecular complexity index is 744. The van der Waals surface area contributed by atoms with Crippen molar-refractivity contribution >= 4 is 17.5 Å². The van der Waals surface area contributed by atoms with Gasteiger partial charge in [-0.25, -0.2) is 0 Å². The Morgan fingerprint density at radius 1 is 1.46 bits per heavy atom. The maximum Gasteiger partial charge on any atom is 0.223 e. The zero-order valence-corrected chi connectivity index (χ0v) is 16.0. The molecule has 2 atom stereocenters. The normalized spacial score (nSPS) is 20.7. The van der Waals surface area contributed by atoms with E-state index < -0.39 is 0 Å². The molecule has 0 radical (unpaired) electrons. The summed E-state index contributed by atoms with van der Waals surface area (Å²) in [4.78, 5) is 16.9. The van der Waals surface area contributed by atoms with Crippen LogP contribution in [0.1, 0.15) is 23.8 Å². The summed E-state index contributed by atoms with van der Waals surface area (Å²) in [6.45, 7) is 1.80. The molecule has 142 valence electrons. The van der Waals surface area contributed by atoms with E-state index in [0.717, 1.165) is 12.1 Å². The van der Waals surface area contributed by atoms with E-state index in [1.807, 2.05) is 32.2 Å². The third-order valence-corrected chi connectivity index (χ3v) is 4.58. The van der Waals surface area contributed by atoms with Gasteiger partial charge < -0.3 is 19.1 Å². The lowest BCUT2D eigenvalue weighted by Gasteiger charge is -2.41. The number of halogens is 1. The van der Waals surface area contributed by atoms with Gasteiger partial charge in [0.2, 0.25) is 5.91 Å². The number of ether oxygens (including phenoxy) is 1. The largest absolute Gasteiger partial charge is 0.373 e. The molecule has 9 heteroatoms. The minimum Gasteiger partial charge on any atom is -0.373 e. The highest BCUT2D eigenvalue weighted by atomic mass is 35.5. The van der Waals surface area contributed by atoms with Crippen LogP contribution in [0.3, 0.4) is 0 Å². The number of rotatable bonds is 6. The standard InChI is InChI=1S/C17H24ClN5O3/c1-21(2)11-14-17(12-9-19-22(3)10-12)23(6-7-25-14)16(24)5-4-13-8-15(18)20-26-13/h8-10,14,17H,4-7,11H2,1-3H3/t14-,17-/m0/s1. The topological polar surface area (TPSA) is 76.6 Å². The Labute approximate surface area is 157 Å². The number of aromatic nitrogens is 3. The second kappa shape index (κ2) is 8.20. The van der Waals surface area contributed by atoms with Gasteiger partial charge in [0, 0.05) is 50.8 Å². The van der Waals surface area contributed by atoms with Crippen LogP contribution in [0.2, 0.25) is 5.15 Å². The molecule has 0 bridgehead atoms. The third-order valence-electron chi connectivity index (χ3n) is 4.40. The summed E-state index contributed by atoms with van der Waals surface area (Å²) < 4.78 is 12.8. The van der Waals surface area contributed by atoms with Crippen molar-refractivity contribution in [2.24, 2.45) is 7.05 Å². The van der Waals surface area contributed by atoms with Crippen molar-refractivity contribution < 1.29 is 14.1 Å². The summed E-state index contributed by atoms with van der Waals surface area (Å²) in [5.41, 5.74) is 0.982. The third kappa shape index (κ3) is 4.44. The van der Waals surface area contributed by atoms with Gasteiger partial charge in [-0.1, -0.05) is 16.8 Å². The average Bonchev–Trinajstić information content (AvgIpc) is 3.20. The van der Waals surface area contributed by atoms with Crippen LogP contribution in [0.4, 0.5) is 0 Å². The number of nitrogens with zero attached hydrogens (tertiary/aromatic N) is 5. The van der Waals surface area contributed by atoms with E-state index in [9.17, 15) is 4.79 Å². The Morgan fingerprint density at radius 2 is 2.27 bits per heavy atom. The van der Waals surface area contributed by atoms with Crippen molar-refractivity contribution in [3.8, 4) is 0 Å². The van der Waals surface area contributed by atoms with Gasteiger partial charge in [0.1, 0.15) is 5.76 Å². The molecular formula is C17H24ClN5O3. The van der Waals surface area contributed by atoms with Crippen molar-refractivity contribution in [1.29, 1.82) is 0 Å². The van der Waals surface area contributed by atoms with Crippen molar-refractivity contribution in [2.75, 3.05) is 33.8 Å². The molecule has 3 rings (SSSR count). The quantitative estimate of drug-likeness (QED) is 0.755. The predicted octanol–water partition coefficient (Wildman–Crippen LogP) is 1.52. The number of carbonyl (C=O) groups excluding carboxylic acids is 1. The van der Waals surface area contributed by atoms with Crippen LogP contribution in [0, 0.1) is 0 Å². The van der Waals surface area contributed by atoms with Crippen molar-refractivity contribution in [3.05, 3.63) is 34.9 Å². The zero-order valence-electron chi connectivity index (χ0n) is 15.3. The first kappa shape index (κ1) is 18.9. The fourth-order valence-electron chi connectivity index (χ4n) is 3.29. The van der Waals surface area contributed by atoms with E-state index in [-0.39, 0.29) is 18.1 Å². The molecule has 0 aromatic carbocycles. The fraction of sp³-hybridized carbons (Fsp3) is 0.588. The minimum atomic E-state index is -0.161. The summed E-state index contributed by atoms with van der Waals surface area (Å²) in [7, 11) is 5.87. The molecule has 1 amide bonds. The second-order valence-corrected chi connectivity index (χ2v) is 7.15. The minimum absolute atomic E-state index is 0.0541. The number of carbonyl (C=O) groups is 1. The lowest BCUT2D eigenvalue weighted by Crippen LogP contribution is -2.51. The molecule has 2 aromatic heterocycles. The monoisotopic (exact) mass is 381 g/mol. The van der Waals surface area contributed by atoms with Gasteiger partial charge in [-0.2, -0.15) is 5.10 Å². The summed E-state index contributed by atoms with van der Waals surface area (Å²) in [6.07, 6.45) is 4.44. The molecule has 0 spiro atoms. The first-order valence-corrected chi connectivity index (χ1v) is 8.97. The van der Waals surface area contributed by atoms with Gasteiger partial charge in [0.25, 0.3) is 0 Å². The molecule has 0 saturated carbocycles. The van der Waals surface area contributed by atoms with Crippen LogP contribution in [-0.4, -0.2) is 70.5 Å². The number of amides is 1. The van der Waals surface area contributed by atoms with E-state index in [1.165, 1.54) is 0 Å². The zero-order chi connectivity index (χ0) is 18.7. The number of morpholine rings is 1. The van der Waals surface area contributed by atoms with Gasteiger partial charge in [-0.15, -0.1) is 0 Å². The predicted molar refractivity (Wildman–Crippen MR) is 95.8 cm³/mol. The molecule has 0 unspecified atom stereocenters. The highest BCUT2D eigenvalue weighted by molar-refractivity contribution is 6.29. The van der Waals surface area contributed by atoms with E-state index in [2.05, 4.69) is 15.2 Å². The van der Waals surface area contributed by atoms with Crippen molar-refractivity contribution in [3.63, 3.8) is 0 Å². The SMILES string of the molecule is CN(C)C[C@@H]1OCCN(C(=O)CCc2cc(Cl)no2)[C@H]1c1cnn(C)c1. The maximum absolute atomic E-state index is 12.9. The van der Waals surface area contributed by atoms with Gasteiger partial charge in [0.15, 0.2) is 5.15 Å². The van der Waals surface area contributed by atoms with Gasteiger partial charge in [0.05, 0.1) is 24.9 Å². The van der Waals surface area contributed by atoms with Crippen molar-refractivity contribution in [2.45, 2.75) is 25.0 Å². The lowest BCUT2D eigenvalue weighted by atomic mass is 9.99. The van der Waals surface area contributed by atoms with Crippen LogP contribution < -0.4 is 0 Å². The average molecular weight is 382 g/mol. The summed E-state index contributed by atoms with van der Waals surface area (Å²) in [5.74, 6) is 0.665. The summed E-state index contributed by atoms with van der Waals surface area (Å²) in [6, 6.07) is 1.48. The molecule has 1 aliphatic heterocycles. The lowest BCUT2D eigenvalue weighted by molar-refractivity contribution is -0.148. The Kier molecular flexibility index (Phi) is 5.95. The number of hydrogen-bond acceptors (Lipinski definition) is 6. The first-order valence-electron chi connectivity index (χ1n) is 8.59. The Morgan fingerprint density at radius 3 is 2.88 bits per heavy atom.